The number of methoxy groups -OCH3 is 1. The topological polar surface area (TPSA) is 89.0 Å². The van der Waals surface area contributed by atoms with E-state index in [-0.39, 0.29) is 17.3 Å². The van der Waals surface area contributed by atoms with Gasteiger partial charge in [0.05, 0.1) is 12.4 Å². The van der Waals surface area contributed by atoms with Crippen LogP contribution < -0.4 is 11.0 Å². The Kier molecular flexibility index (Phi) is 7.27. The molecule has 2 N–H and O–H groups in total. The summed E-state index contributed by atoms with van der Waals surface area (Å²) in [6.45, 7) is 3.65. The number of hydrogen-bond acceptors (Lipinski definition) is 5. The zero-order valence-electron chi connectivity index (χ0n) is 11.3. The minimum Gasteiger partial charge on any atom is -0.383 e. The fourth-order valence-electron chi connectivity index (χ4n) is 1.40. The molecule has 0 aliphatic heterocycles. The van der Waals surface area contributed by atoms with Crippen LogP contribution in [0.2, 0.25) is 0 Å². The van der Waals surface area contributed by atoms with E-state index in [0.29, 0.717) is 24.9 Å². The summed E-state index contributed by atoms with van der Waals surface area (Å²) in [5, 5.41) is 9.60. The van der Waals surface area contributed by atoms with Gasteiger partial charge in [0.1, 0.15) is 0 Å². The standard InChI is InChI=1S/C11H20N4O3S/c1-3-4-6-15-10(17)13-14-11(15)19-8-9(16)12-5-7-18-2/h3-8H2,1-2H3,(H,12,16)(H,13,17). The van der Waals surface area contributed by atoms with Crippen LogP contribution >= 0.6 is 11.8 Å². The first-order valence-corrected chi connectivity index (χ1v) is 7.21. The summed E-state index contributed by atoms with van der Waals surface area (Å²) in [5.74, 6) is 0.139. The van der Waals surface area contributed by atoms with Gasteiger partial charge in [-0.1, -0.05) is 25.1 Å². The number of carbonyl (C=O) groups is 1. The maximum absolute atomic E-state index is 11.5. The number of unbranched alkanes of at least 4 members (excludes halogenated alkanes) is 1. The lowest BCUT2D eigenvalue weighted by atomic mass is 10.3. The highest BCUT2D eigenvalue weighted by Crippen LogP contribution is 2.13. The monoisotopic (exact) mass is 288 g/mol. The predicted octanol–water partition coefficient (Wildman–Crippen LogP) is 0.226. The molecule has 0 unspecified atom stereocenters. The van der Waals surface area contributed by atoms with Crippen molar-refractivity contribution in [3.8, 4) is 0 Å². The quantitative estimate of drug-likeness (QED) is 0.501. The fraction of sp³-hybridized carbons (Fsp3) is 0.727. The van der Waals surface area contributed by atoms with Crippen LogP contribution in [0, 0.1) is 0 Å². The molecule has 0 saturated heterocycles. The lowest BCUT2D eigenvalue weighted by molar-refractivity contribution is -0.118. The number of rotatable bonds is 9. The second-order valence-corrected chi connectivity index (χ2v) is 4.89. The SMILES string of the molecule is CCCCn1c(SCC(=O)NCCOC)n[nH]c1=O. The van der Waals surface area contributed by atoms with Crippen LogP contribution in [0.4, 0.5) is 0 Å². The molecule has 0 aliphatic rings. The van der Waals surface area contributed by atoms with Crippen LogP contribution in [0.5, 0.6) is 0 Å². The number of carbonyl (C=O) groups excluding carboxylic acids is 1. The summed E-state index contributed by atoms with van der Waals surface area (Å²) in [4.78, 5) is 23.0. The lowest BCUT2D eigenvalue weighted by Crippen LogP contribution is -2.28. The van der Waals surface area contributed by atoms with Gasteiger partial charge in [0.15, 0.2) is 5.16 Å². The van der Waals surface area contributed by atoms with E-state index in [4.69, 9.17) is 4.74 Å². The van der Waals surface area contributed by atoms with Gasteiger partial charge in [-0.2, -0.15) is 0 Å². The zero-order valence-corrected chi connectivity index (χ0v) is 12.1. The number of nitrogens with one attached hydrogen (secondary N) is 2. The van der Waals surface area contributed by atoms with E-state index >= 15 is 0 Å². The van der Waals surface area contributed by atoms with Crippen molar-refractivity contribution >= 4 is 17.7 Å². The van der Waals surface area contributed by atoms with Crippen molar-refractivity contribution in [2.75, 3.05) is 26.0 Å². The lowest BCUT2D eigenvalue weighted by Gasteiger charge is -2.05. The Hall–Kier alpha value is -1.28. The molecular weight excluding hydrogens is 268 g/mol. The normalized spacial score (nSPS) is 10.6. The molecule has 0 radical (unpaired) electrons. The highest BCUT2D eigenvalue weighted by molar-refractivity contribution is 7.99. The van der Waals surface area contributed by atoms with E-state index in [1.807, 2.05) is 0 Å². The summed E-state index contributed by atoms with van der Waals surface area (Å²) in [6.07, 6.45) is 1.91. The van der Waals surface area contributed by atoms with E-state index in [9.17, 15) is 9.59 Å². The van der Waals surface area contributed by atoms with Gasteiger partial charge in [-0.15, -0.1) is 5.10 Å². The average molecular weight is 288 g/mol. The molecule has 1 heterocycles. The summed E-state index contributed by atoms with van der Waals surface area (Å²) < 4.78 is 6.40. The molecule has 1 aromatic rings. The van der Waals surface area contributed by atoms with Crippen LogP contribution in [0.25, 0.3) is 0 Å². The molecule has 1 amide bonds. The van der Waals surface area contributed by atoms with E-state index in [1.165, 1.54) is 11.8 Å². The van der Waals surface area contributed by atoms with Crippen molar-refractivity contribution in [2.24, 2.45) is 0 Å². The molecule has 0 atom stereocenters. The molecule has 0 fully saturated rings. The van der Waals surface area contributed by atoms with Gasteiger partial charge in [-0.05, 0) is 6.42 Å². The van der Waals surface area contributed by atoms with E-state index < -0.39 is 0 Å². The number of aromatic nitrogens is 3. The summed E-state index contributed by atoms with van der Waals surface area (Å²) in [6, 6.07) is 0. The van der Waals surface area contributed by atoms with E-state index in [1.54, 1.807) is 11.7 Å². The Bertz CT molecular complexity index is 443. The molecule has 108 valence electrons. The number of thioether (sulfide) groups is 1. The van der Waals surface area contributed by atoms with Gasteiger partial charge in [-0.3, -0.25) is 9.36 Å². The first kappa shape index (κ1) is 15.8. The first-order valence-electron chi connectivity index (χ1n) is 6.22. The Morgan fingerprint density at radius 2 is 2.37 bits per heavy atom. The molecule has 0 bridgehead atoms. The highest BCUT2D eigenvalue weighted by atomic mass is 32.2. The van der Waals surface area contributed by atoms with Crippen LogP contribution in [0.3, 0.4) is 0 Å². The van der Waals surface area contributed by atoms with Crippen molar-refractivity contribution in [1.29, 1.82) is 0 Å². The van der Waals surface area contributed by atoms with E-state index in [2.05, 4.69) is 22.4 Å². The molecule has 8 heteroatoms. The van der Waals surface area contributed by atoms with Gasteiger partial charge in [0.2, 0.25) is 5.91 Å². The molecule has 0 aliphatic carbocycles. The molecule has 1 aromatic heterocycles. The zero-order chi connectivity index (χ0) is 14.1. The molecule has 19 heavy (non-hydrogen) atoms. The number of ether oxygens (including phenoxy) is 1. The second kappa shape index (κ2) is 8.76. The second-order valence-electron chi connectivity index (χ2n) is 3.95. The maximum atomic E-state index is 11.5. The van der Waals surface area contributed by atoms with Gasteiger partial charge < -0.3 is 10.1 Å². The van der Waals surface area contributed by atoms with Crippen molar-refractivity contribution in [3.05, 3.63) is 10.5 Å². The summed E-state index contributed by atoms with van der Waals surface area (Å²) in [7, 11) is 1.58. The van der Waals surface area contributed by atoms with Gasteiger partial charge >= 0.3 is 5.69 Å². The van der Waals surface area contributed by atoms with Gasteiger partial charge in [0, 0.05) is 20.2 Å². The number of hydrogen-bond donors (Lipinski definition) is 2. The summed E-state index contributed by atoms with van der Waals surface area (Å²) >= 11 is 1.25. The van der Waals surface area contributed by atoms with Crippen LogP contribution in [0.15, 0.2) is 9.95 Å². The number of amides is 1. The Balaban J connectivity index is 2.44. The van der Waals surface area contributed by atoms with Crippen molar-refractivity contribution in [2.45, 2.75) is 31.5 Å². The smallest absolute Gasteiger partial charge is 0.343 e. The third-order valence-corrected chi connectivity index (χ3v) is 3.40. The molecule has 0 aromatic carbocycles. The molecule has 0 spiro atoms. The predicted molar refractivity (Wildman–Crippen MR) is 73.4 cm³/mol. The fourth-order valence-corrected chi connectivity index (χ4v) is 2.20. The molecule has 7 nitrogen and oxygen atoms in total. The third kappa shape index (κ3) is 5.48. The number of H-pyrrole nitrogens is 1. The Labute approximate surface area is 116 Å². The Morgan fingerprint density at radius 3 is 3.05 bits per heavy atom. The maximum Gasteiger partial charge on any atom is 0.343 e. The van der Waals surface area contributed by atoms with Crippen LogP contribution in [-0.2, 0) is 16.1 Å². The van der Waals surface area contributed by atoms with E-state index in [0.717, 1.165) is 12.8 Å². The van der Waals surface area contributed by atoms with Crippen LogP contribution in [-0.4, -0.2) is 46.7 Å². The summed E-state index contributed by atoms with van der Waals surface area (Å²) in [5.41, 5.74) is -0.226. The van der Waals surface area contributed by atoms with Crippen molar-refractivity contribution in [1.82, 2.24) is 20.1 Å². The van der Waals surface area contributed by atoms with Gasteiger partial charge in [-0.25, -0.2) is 9.89 Å². The molecular formula is C11H20N4O3S. The van der Waals surface area contributed by atoms with Crippen molar-refractivity contribution in [3.63, 3.8) is 0 Å². The Morgan fingerprint density at radius 1 is 1.58 bits per heavy atom. The van der Waals surface area contributed by atoms with Gasteiger partial charge in [0.25, 0.3) is 0 Å². The number of aromatic amines is 1. The largest absolute Gasteiger partial charge is 0.383 e. The highest BCUT2D eigenvalue weighted by Gasteiger charge is 2.10. The average Bonchev–Trinajstić information content (AvgIpc) is 2.75. The minimum absolute atomic E-state index is 0.0976. The molecule has 0 saturated carbocycles. The van der Waals surface area contributed by atoms with Crippen LogP contribution in [0.1, 0.15) is 19.8 Å². The third-order valence-electron chi connectivity index (χ3n) is 2.42. The first-order chi connectivity index (χ1) is 9.19. The van der Waals surface area contributed by atoms with Crippen molar-refractivity contribution < 1.29 is 9.53 Å². The number of nitrogens with zero attached hydrogens (tertiary/aromatic N) is 2. The minimum atomic E-state index is -0.226. The molecule has 1 rings (SSSR count).